The molecule has 0 aromatic heterocycles. The summed E-state index contributed by atoms with van der Waals surface area (Å²) in [6.07, 6.45) is 1.17. The topological polar surface area (TPSA) is 66.4 Å². The van der Waals surface area contributed by atoms with Crippen LogP contribution in [0.15, 0.2) is 53.4 Å². The van der Waals surface area contributed by atoms with E-state index in [1.54, 1.807) is 42.5 Å². The van der Waals surface area contributed by atoms with Crippen molar-refractivity contribution in [2.24, 2.45) is 0 Å². The number of sulfone groups is 1. The second kappa shape index (κ2) is 5.32. The van der Waals surface area contributed by atoms with Crippen molar-refractivity contribution in [1.29, 1.82) is 0 Å². The van der Waals surface area contributed by atoms with E-state index in [2.05, 4.69) is 5.32 Å². The van der Waals surface area contributed by atoms with Crippen LogP contribution in [-0.4, -0.2) is 19.8 Å². The summed E-state index contributed by atoms with van der Waals surface area (Å²) >= 11 is 0. The number of hydrogen-bond donors (Lipinski definition) is 2. The monoisotopic (exact) mass is 277 g/mol. The summed E-state index contributed by atoms with van der Waals surface area (Å²) in [6, 6.07) is 13.6. The van der Waals surface area contributed by atoms with Gasteiger partial charge in [-0.3, -0.25) is 0 Å². The Hall–Kier alpha value is -2.01. The van der Waals surface area contributed by atoms with E-state index in [0.717, 1.165) is 0 Å². The Morgan fingerprint density at radius 2 is 1.68 bits per heavy atom. The molecule has 0 saturated heterocycles. The molecule has 100 valence electrons. The van der Waals surface area contributed by atoms with Crippen LogP contribution in [0.2, 0.25) is 0 Å². The summed E-state index contributed by atoms with van der Waals surface area (Å²) in [5.74, 6) is 0.187. The van der Waals surface area contributed by atoms with E-state index >= 15 is 0 Å². The zero-order valence-electron chi connectivity index (χ0n) is 10.5. The number of nitrogens with one attached hydrogen (secondary N) is 1. The summed E-state index contributed by atoms with van der Waals surface area (Å²) in [6.45, 7) is 0.360. The van der Waals surface area contributed by atoms with Gasteiger partial charge in [-0.15, -0.1) is 0 Å². The van der Waals surface area contributed by atoms with Gasteiger partial charge in [0.25, 0.3) is 0 Å². The van der Waals surface area contributed by atoms with E-state index in [4.69, 9.17) is 0 Å². The number of rotatable bonds is 4. The number of aromatic hydroxyl groups is 1. The molecule has 0 heterocycles. The molecule has 0 unspecified atom stereocenters. The minimum Gasteiger partial charge on any atom is -0.508 e. The second-order valence-corrected chi connectivity index (χ2v) is 6.23. The standard InChI is InChI=1S/C14H15NO3S/c1-19(17,18)14-9-5-3-7-12(14)15-10-11-6-2-4-8-13(11)16/h2-9,15-16H,10H2,1H3. The normalized spacial score (nSPS) is 11.2. The van der Waals surface area contributed by atoms with Crippen molar-refractivity contribution in [3.63, 3.8) is 0 Å². The Balaban J connectivity index is 2.24. The minimum absolute atomic E-state index is 0.187. The molecule has 0 radical (unpaired) electrons. The van der Waals surface area contributed by atoms with Gasteiger partial charge in [-0.05, 0) is 18.2 Å². The lowest BCUT2D eigenvalue weighted by Gasteiger charge is -2.11. The van der Waals surface area contributed by atoms with Crippen LogP contribution in [0.3, 0.4) is 0 Å². The Morgan fingerprint density at radius 1 is 1.05 bits per heavy atom. The molecule has 2 N–H and O–H groups in total. The van der Waals surface area contributed by atoms with Gasteiger partial charge in [0, 0.05) is 18.4 Å². The fourth-order valence-electron chi connectivity index (χ4n) is 1.79. The van der Waals surface area contributed by atoms with Crippen LogP contribution in [-0.2, 0) is 16.4 Å². The van der Waals surface area contributed by atoms with Crippen LogP contribution in [0.5, 0.6) is 5.75 Å². The van der Waals surface area contributed by atoms with E-state index in [-0.39, 0.29) is 10.6 Å². The van der Waals surface area contributed by atoms with E-state index in [0.29, 0.717) is 17.8 Å². The van der Waals surface area contributed by atoms with Crippen LogP contribution in [0, 0.1) is 0 Å². The Bertz CT molecular complexity index is 681. The first-order valence-corrected chi connectivity index (χ1v) is 7.67. The van der Waals surface area contributed by atoms with E-state index in [1.807, 2.05) is 6.07 Å². The highest BCUT2D eigenvalue weighted by Gasteiger charge is 2.12. The van der Waals surface area contributed by atoms with E-state index < -0.39 is 9.84 Å². The van der Waals surface area contributed by atoms with Crippen molar-refractivity contribution in [3.05, 3.63) is 54.1 Å². The third-order valence-electron chi connectivity index (χ3n) is 2.75. The van der Waals surface area contributed by atoms with Crippen molar-refractivity contribution in [2.75, 3.05) is 11.6 Å². The third-order valence-corrected chi connectivity index (χ3v) is 3.90. The molecule has 5 heteroatoms. The summed E-state index contributed by atoms with van der Waals surface area (Å²) in [4.78, 5) is 0.255. The number of anilines is 1. The fraction of sp³-hybridized carbons (Fsp3) is 0.143. The maximum Gasteiger partial charge on any atom is 0.177 e. The van der Waals surface area contributed by atoms with Crippen LogP contribution >= 0.6 is 0 Å². The molecule has 0 atom stereocenters. The minimum atomic E-state index is -3.27. The molecule has 0 aliphatic heterocycles. The zero-order valence-corrected chi connectivity index (χ0v) is 11.3. The molecule has 0 bridgehead atoms. The largest absolute Gasteiger partial charge is 0.508 e. The lowest BCUT2D eigenvalue weighted by atomic mass is 10.2. The highest BCUT2D eigenvalue weighted by Crippen LogP contribution is 2.23. The van der Waals surface area contributed by atoms with Gasteiger partial charge in [-0.25, -0.2) is 8.42 Å². The lowest BCUT2D eigenvalue weighted by molar-refractivity contribution is 0.469. The quantitative estimate of drug-likeness (QED) is 0.900. The maximum atomic E-state index is 11.6. The van der Waals surface area contributed by atoms with Gasteiger partial charge >= 0.3 is 0 Å². The summed E-state index contributed by atoms with van der Waals surface area (Å²) in [5, 5.41) is 12.7. The van der Waals surface area contributed by atoms with Crippen LogP contribution in [0.1, 0.15) is 5.56 Å². The molecule has 0 amide bonds. The van der Waals surface area contributed by atoms with Gasteiger partial charge in [0.05, 0.1) is 10.6 Å². The average molecular weight is 277 g/mol. The molecule has 0 aliphatic carbocycles. The highest BCUT2D eigenvalue weighted by atomic mass is 32.2. The Morgan fingerprint density at radius 3 is 2.37 bits per heavy atom. The first-order valence-electron chi connectivity index (χ1n) is 5.78. The molecule has 19 heavy (non-hydrogen) atoms. The molecular formula is C14H15NO3S. The number of phenolic OH excluding ortho intramolecular Hbond substituents is 1. The summed E-state index contributed by atoms with van der Waals surface area (Å²) < 4.78 is 23.3. The van der Waals surface area contributed by atoms with Crippen molar-refractivity contribution in [1.82, 2.24) is 0 Å². The Kier molecular flexibility index (Phi) is 3.76. The van der Waals surface area contributed by atoms with Gasteiger partial charge in [0.15, 0.2) is 9.84 Å². The first-order chi connectivity index (χ1) is 8.98. The first kappa shape index (κ1) is 13.4. The molecular weight excluding hydrogens is 262 g/mol. The van der Waals surface area contributed by atoms with Crippen molar-refractivity contribution < 1.29 is 13.5 Å². The fourth-order valence-corrected chi connectivity index (χ4v) is 2.65. The molecule has 0 saturated carbocycles. The second-order valence-electron chi connectivity index (χ2n) is 4.25. The van der Waals surface area contributed by atoms with Gasteiger partial charge in [-0.2, -0.15) is 0 Å². The summed E-state index contributed by atoms with van der Waals surface area (Å²) in [5.41, 5.74) is 1.25. The van der Waals surface area contributed by atoms with Crippen molar-refractivity contribution >= 4 is 15.5 Å². The Labute approximate surface area is 112 Å². The van der Waals surface area contributed by atoms with Gasteiger partial charge in [0.1, 0.15) is 5.75 Å². The number of phenols is 1. The SMILES string of the molecule is CS(=O)(=O)c1ccccc1NCc1ccccc1O. The third kappa shape index (κ3) is 3.26. The van der Waals surface area contributed by atoms with Gasteiger partial charge in [-0.1, -0.05) is 30.3 Å². The number of hydrogen-bond acceptors (Lipinski definition) is 4. The van der Waals surface area contributed by atoms with Crippen LogP contribution in [0.25, 0.3) is 0 Å². The van der Waals surface area contributed by atoms with Crippen LogP contribution < -0.4 is 5.32 Å². The molecule has 2 rings (SSSR count). The van der Waals surface area contributed by atoms with Gasteiger partial charge < -0.3 is 10.4 Å². The van der Waals surface area contributed by atoms with E-state index in [9.17, 15) is 13.5 Å². The predicted octanol–water partition coefficient (Wildman–Crippen LogP) is 2.41. The smallest absolute Gasteiger partial charge is 0.177 e. The summed E-state index contributed by atoms with van der Waals surface area (Å²) in [7, 11) is -3.27. The lowest BCUT2D eigenvalue weighted by Crippen LogP contribution is -2.06. The molecule has 4 nitrogen and oxygen atoms in total. The number of para-hydroxylation sites is 2. The van der Waals surface area contributed by atoms with E-state index in [1.165, 1.54) is 6.26 Å². The maximum absolute atomic E-state index is 11.6. The van der Waals surface area contributed by atoms with Crippen LogP contribution in [0.4, 0.5) is 5.69 Å². The number of benzene rings is 2. The molecule has 0 aliphatic rings. The predicted molar refractivity (Wildman–Crippen MR) is 75.0 cm³/mol. The molecule has 2 aromatic carbocycles. The molecule has 0 spiro atoms. The average Bonchev–Trinajstić information content (AvgIpc) is 2.37. The van der Waals surface area contributed by atoms with Crippen molar-refractivity contribution in [3.8, 4) is 5.75 Å². The molecule has 0 fully saturated rings. The zero-order chi connectivity index (χ0) is 13.9. The van der Waals surface area contributed by atoms with Gasteiger partial charge in [0.2, 0.25) is 0 Å². The highest BCUT2D eigenvalue weighted by molar-refractivity contribution is 7.90. The molecule has 2 aromatic rings. The van der Waals surface area contributed by atoms with Crippen molar-refractivity contribution in [2.45, 2.75) is 11.4 Å².